The Hall–Kier alpha value is -0.910. The van der Waals surface area contributed by atoms with Gasteiger partial charge in [-0.3, -0.25) is 9.69 Å². The van der Waals surface area contributed by atoms with E-state index in [4.69, 9.17) is 5.73 Å². The Balaban J connectivity index is 1.90. The SMILES string of the molecule is CC(C)C(NC(=O)CN(C)C(CN)C1CC1)c1cccs1. The smallest absolute Gasteiger partial charge is 0.234 e. The van der Waals surface area contributed by atoms with E-state index in [0.717, 1.165) is 0 Å². The number of thiophene rings is 1. The molecule has 1 amide bonds. The quantitative estimate of drug-likeness (QED) is 0.774. The maximum absolute atomic E-state index is 12.3. The number of carbonyl (C=O) groups excluding carboxylic acids is 1. The number of nitrogens with zero attached hydrogens (tertiary/aromatic N) is 1. The van der Waals surface area contributed by atoms with E-state index in [-0.39, 0.29) is 11.9 Å². The highest BCUT2D eigenvalue weighted by atomic mass is 32.1. The lowest BCUT2D eigenvalue weighted by Crippen LogP contribution is -2.46. The van der Waals surface area contributed by atoms with Gasteiger partial charge in [0.05, 0.1) is 12.6 Å². The van der Waals surface area contributed by atoms with Gasteiger partial charge in [0.25, 0.3) is 0 Å². The maximum atomic E-state index is 12.3. The van der Waals surface area contributed by atoms with E-state index in [2.05, 4.69) is 35.5 Å². The summed E-state index contributed by atoms with van der Waals surface area (Å²) in [6.45, 7) is 5.34. The Bertz CT molecular complexity index is 442. The molecule has 21 heavy (non-hydrogen) atoms. The third kappa shape index (κ3) is 4.53. The molecule has 1 aromatic rings. The van der Waals surface area contributed by atoms with Crippen molar-refractivity contribution in [2.45, 2.75) is 38.8 Å². The first-order valence-corrected chi connectivity index (χ1v) is 8.64. The number of hydrogen-bond acceptors (Lipinski definition) is 4. The minimum Gasteiger partial charge on any atom is -0.347 e. The molecular weight excluding hydrogens is 282 g/mol. The van der Waals surface area contributed by atoms with Crippen molar-refractivity contribution in [1.82, 2.24) is 10.2 Å². The van der Waals surface area contributed by atoms with E-state index in [1.165, 1.54) is 17.7 Å². The molecule has 1 aliphatic carbocycles. The lowest BCUT2D eigenvalue weighted by Gasteiger charge is -2.28. The van der Waals surface area contributed by atoms with Crippen LogP contribution in [-0.2, 0) is 4.79 Å². The Labute approximate surface area is 131 Å². The van der Waals surface area contributed by atoms with Crippen molar-refractivity contribution >= 4 is 17.2 Å². The Morgan fingerprint density at radius 2 is 2.24 bits per heavy atom. The van der Waals surface area contributed by atoms with Crippen molar-refractivity contribution in [2.75, 3.05) is 20.1 Å². The molecular formula is C16H27N3OS. The lowest BCUT2D eigenvalue weighted by molar-refractivity contribution is -0.123. The molecule has 0 radical (unpaired) electrons. The fourth-order valence-corrected chi connectivity index (χ4v) is 3.76. The van der Waals surface area contributed by atoms with E-state index < -0.39 is 0 Å². The van der Waals surface area contributed by atoms with Gasteiger partial charge in [-0.15, -0.1) is 11.3 Å². The lowest BCUT2D eigenvalue weighted by atomic mass is 10.0. The molecule has 1 aliphatic rings. The van der Waals surface area contributed by atoms with Gasteiger partial charge < -0.3 is 11.1 Å². The van der Waals surface area contributed by atoms with Crippen LogP contribution in [0, 0.1) is 11.8 Å². The van der Waals surface area contributed by atoms with Gasteiger partial charge in [0.15, 0.2) is 0 Å². The van der Waals surface area contributed by atoms with Crippen LogP contribution in [0.2, 0.25) is 0 Å². The normalized spacial score (nSPS) is 18.0. The standard InChI is InChI=1S/C16H27N3OS/c1-11(2)16(14-5-4-8-21-14)18-15(20)10-19(3)13(9-17)12-6-7-12/h4-5,8,11-13,16H,6-7,9-10,17H2,1-3H3,(H,18,20). The Kier molecular flexibility index (Phi) is 5.79. The summed E-state index contributed by atoms with van der Waals surface area (Å²) in [6, 6.07) is 4.57. The second-order valence-corrected chi connectivity index (χ2v) is 7.34. The summed E-state index contributed by atoms with van der Waals surface area (Å²) >= 11 is 1.70. The molecule has 2 unspecified atom stereocenters. The molecule has 0 bridgehead atoms. The molecule has 1 heterocycles. The summed E-state index contributed by atoms with van der Waals surface area (Å²) in [5.41, 5.74) is 5.85. The van der Waals surface area contributed by atoms with E-state index in [1.807, 2.05) is 13.1 Å². The molecule has 2 rings (SSSR count). The van der Waals surface area contributed by atoms with Crippen LogP contribution >= 0.6 is 11.3 Å². The van der Waals surface area contributed by atoms with Gasteiger partial charge in [0.1, 0.15) is 0 Å². The van der Waals surface area contributed by atoms with Crippen LogP contribution in [0.5, 0.6) is 0 Å². The van der Waals surface area contributed by atoms with E-state index >= 15 is 0 Å². The second-order valence-electron chi connectivity index (χ2n) is 6.36. The minimum atomic E-state index is 0.0868. The van der Waals surface area contributed by atoms with Gasteiger partial charge in [-0.25, -0.2) is 0 Å². The van der Waals surface area contributed by atoms with Gasteiger partial charge in [0, 0.05) is 17.5 Å². The van der Waals surface area contributed by atoms with Crippen LogP contribution in [0.3, 0.4) is 0 Å². The van der Waals surface area contributed by atoms with Crippen molar-refractivity contribution in [3.8, 4) is 0 Å². The predicted molar refractivity (Wildman–Crippen MR) is 88.2 cm³/mol. The molecule has 0 saturated heterocycles. The molecule has 1 aromatic heterocycles. The second kappa shape index (κ2) is 7.38. The molecule has 5 heteroatoms. The Morgan fingerprint density at radius 3 is 2.71 bits per heavy atom. The summed E-state index contributed by atoms with van der Waals surface area (Å²) in [6.07, 6.45) is 2.50. The summed E-state index contributed by atoms with van der Waals surface area (Å²) in [4.78, 5) is 15.7. The maximum Gasteiger partial charge on any atom is 0.234 e. The summed E-state index contributed by atoms with van der Waals surface area (Å²) < 4.78 is 0. The largest absolute Gasteiger partial charge is 0.347 e. The number of carbonyl (C=O) groups is 1. The minimum absolute atomic E-state index is 0.0868. The fourth-order valence-electron chi connectivity index (χ4n) is 2.81. The van der Waals surface area contributed by atoms with Gasteiger partial charge in [-0.2, -0.15) is 0 Å². The van der Waals surface area contributed by atoms with Crippen molar-refractivity contribution in [1.29, 1.82) is 0 Å². The predicted octanol–water partition coefficient (Wildman–Crippen LogP) is 2.23. The topological polar surface area (TPSA) is 58.4 Å². The van der Waals surface area contributed by atoms with Crippen LogP contribution in [0.4, 0.5) is 0 Å². The number of rotatable bonds is 8. The van der Waals surface area contributed by atoms with Crippen molar-refractivity contribution in [3.05, 3.63) is 22.4 Å². The van der Waals surface area contributed by atoms with Gasteiger partial charge in [0.2, 0.25) is 5.91 Å². The molecule has 0 aromatic carbocycles. The van der Waals surface area contributed by atoms with Gasteiger partial charge >= 0.3 is 0 Å². The molecule has 2 atom stereocenters. The number of likely N-dealkylation sites (N-methyl/N-ethyl adjacent to an activating group) is 1. The summed E-state index contributed by atoms with van der Waals surface area (Å²) in [5.74, 6) is 1.15. The average molecular weight is 309 g/mol. The molecule has 3 N–H and O–H groups in total. The Morgan fingerprint density at radius 1 is 1.52 bits per heavy atom. The van der Waals surface area contributed by atoms with Crippen LogP contribution in [0.1, 0.15) is 37.6 Å². The molecule has 1 saturated carbocycles. The van der Waals surface area contributed by atoms with Crippen molar-refractivity contribution in [3.63, 3.8) is 0 Å². The van der Waals surface area contributed by atoms with E-state index in [1.54, 1.807) is 11.3 Å². The number of amides is 1. The van der Waals surface area contributed by atoms with Gasteiger partial charge in [-0.1, -0.05) is 19.9 Å². The highest BCUT2D eigenvalue weighted by Gasteiger charge is 2.33. The third-order valence-electron chi connectivity index (χ3n) is 4.20. The highest BCUT2D eigenvalue weighted by Crippen LogP contribution is 2.34. The summed E-state index contributed by atoms with van der Waals surface area (Å²) in [7, 11) is 2.00. The first-order chi connectivity index (χ1) is 10.0. The zero-order valence-corrected chi connectivity index (χ0v) is 14.0. The van der Waals surface area contributed by atoms with Crippen LogP contribution in [-0.4, -0.2) is 37.0 Å². The molecule has 0 spiro atoms. The molecule has 118 valence electrons. The average Bonchev–Trinajstić information content (AvgIpc) is 3.10. The molecule has 4 nitrogen and oxygen atoms in total. The number of nitrogens with two attached hydrogens (primary N) is 1. The highest BCUT2D eigenvalue weighted by molar-refractivity contribution is 7.10. The zero-order valence-electron chi connectivity index (χ0n) is 13.2. The van der Waals surface area contributed by atoms with Gasteiger partial charge in [-0.05, 0) is 43.2 Å². The van der Waals surface area contributed by atoms with Crippen LogP contribution < -0.4 is 11.1 Å². The first-order valence-electron chi connectivity index (χ1n) is 7.76. The van der Waals surface area contributed by atoms with Crippen LogP contribution in [0.15, 0.2) is 17.5 Å². The first kappa shape index (κ1) is 16.5. The fraction of sp³-hybridized carbons (Fsp3) is 0.688. The molecule has 0 aliphatic heterocycles. The monoisotopic (exact) mass is 309 g/mol. The summed E-state index contributed by atoms with van der Waals surface area (Å²) in [5, 5.41) is 5.23. The number of nitrogens with one attached hydrogen (secondary N) is 1. The van der Waals surface area contributed by atoms with Crippen molar-refractivity contribution < 1.29 is 4.79 Å². The zero-order chi connectivity index (χ0) is 15.4. The third-order valence-corrected chi connectivity index (χ3v) is 5.16. The van der Waals surface area contributed by atoms with Crippen LogP contribution in [0.25, 0.3) is 0 Å². The number of hydrogen-bond donors (Lipinski definition) is 2. The van der Waals surface area contributed by atoms with E-state index in [0.29, 0.717) is 31.0 Å². The van der Waals surface area contributed by atoms with Crippen molar-refractivity contribution in [2.24, 2.45) is 17.6 Å². The van der Waals surface area contributed by atoms with E-state index in [9.17, 15) is 4.79 Å². The molecule has 1 fully saturated rings.